The molecule has 3 aromatic rings. The molecule has 132 valence electrons. The maximum absolute atomic E-state index is 13.0. The molecule has 0 N–H and O–H groups in total. The SMILES string of the molecule is COc1ccc(N(C)C(=O)c2ccccc2SCc2ccccc2)cc1. The first-order valence-electron chi connectivity index (χ1n) is 8.37. The van der Waals surface area contributed by atoms with Crippen molar-refractivity contribution in [2.24, 2.45) is 0 Å². The maximum atomic E-state index is 13.0. The van der Waals surface area contributed by atoms with E-state index in [2.05, 4.69) is 12.1 Å². The molecule has 3 aromatic carbocycles. The Kier molecular flexibility index (Phi) is 5.97. The van der Waals surface area contributed by atoms with Crippen molar-refractivity contribution in [3.8, 4) is 5.75 Å². The first kappa shape index (κ1) is 18.1. The third-order valence-corrected chi connectivity index (χ3v) is 5.26. The zero-order valence-corrected chi connectivity index (χ0v) is 15.7. The van der Waals surface area contributed by atoms with Crippen molar-refractivity contribution in [3.05, 3.63) is 90.0 Å². The minimum atomic E-state index is -0.0219. The van der Waals surface area contributed by atoms with Crippen molar-refractivity contribution in [1.29, 1.82) is 0 Å². The summed E-state index contributed by atoms with van der Waals surface area (Å²) < 4.78 is 5.18. The number of thioether (sulfide) groups is 1. The van der Waals surface area contributed by atoms with Gasteiger partial charge in [-0.3, -0.25) is 4.79 Å². The number of nitrogens with zero attached hydrogens (tertiary/aromatic N) is 1. The maximum Gasteiger partial charge on any atom is 0.259 e. The van der Waals surface area contributed by atoms with E-state index in [1.54, 1.807) is 30.8 Å². The highest BCUT2D eigenvalue weighted by molar-refractivity contribution is 7.98. The molecule has 0 heterocycles. The average Bonchev–Trinajstić information content (AvgIpc) is 2.72. The molecule has 0 aliphatic carbocycles. The molecule has 1 amide bonds. The van der Waals surface area contributed by atoms with Crippen LogP contribution in [0.4, 0.5) is 5.69 Å². The molecule has 26 heavy (non-hydrogen) atoms. The Bertz CT molecular complexity index is 863. The predicted octanol–water partition coefficient (Wildman–Crippen LogP) is 5.26. The largest absolute Gasteiger partial charge is 0.497 e. The molecule has 0 unspecified atom stereocenters. The zero-order chi connectivity index (χ0) is 18.4. The van der Waals surface area contributed by atoms with E-state index in [1.165, 1.54) is 5.56 Å². The Labute approximate surface area is 158 Å². The lowest BCUT2D eigenvalue weighted by molar-refractivity contribution is 0.0990. The topological polar surface area (TPSA) is 29.5 Å². The minimum absolute atomic E-state index is 0.0219. The molecule has 0 aromatic heterocycles. The molecule has 0 aliphatic rings. The highest BCUT2D eigenvalue weighted by Crippen LogP contribution is 2.28. The van der Waals surface area contributed by atoms with E-state index >= 15 is 0 Å². The lowest BCUT2D eigenvalue weighted by Gasteiger charge is -2.19. The lowest BCUT2D eigenvalue weighted by atomic mass is 10.2. The van der Waals surface area contributed by atoms with Gasteiger partial charge in [-0.05, 0) is 42.0 Å². The molecule has 0 radical (unpaired) electrons. The number of amides is 1. The first-order chi connectivity index (χ1) is 12.7. The van der Waals surface area contributed by atoms with Gasteiger partial charge in [0.2, 0.25) is 0 Å². The number of methoxy groups -OCH3 is 1. The second kappa shape index (κ2) is 8.59. The highest BCUT2D eigenvalue weighted by atomic mass is 32.2. The number of benzene rings is 3. The van der Waals surface area contributed by atoms with Gasteiger partial charge in [0.25, 0.3) is 5.91 Å². The van der Waals surface area contributed by atoms with Gasteiger partial charge < -0.3 is 9.64 Å². The number of rotatable bonds is 6. The normalized spacial score (nSPS) is 10.4. The first-order valence-corrected chi connectivity index (χ1v) is 9.35. The fourth-order valence-electron chi connectivity index (χ4n) is 2.61. The molecule has 0 atom stereocenters. The molecule has 0 aliphatic heterocycles. The molecular formula is C22H21NO2S. The van der Waals surface area contributed by atoms with Crippen LogP contribution in [0.25, 0.3) is 0 Å². The van der Waals surface area contributed by atoms with Crippen molar-refractivity contribution >= 4 is 23.4 Å². The van der Waals surface area contributed by atoms with Crippen molar-refractivity contribution in [2.75, 3.05) is 19.1 Å². The predicted molar refractivity (Wildman–Crippen MR) is 108 cm³/mol. The van der Waals surface area contributed by atoms with Crippen LogP contribution in [0, 0.1) is 0 Å². The minimum Gasteiger partial charge on any atom is -0.497 e. The number of anilines is 1. The number of carbonyl (C=O) groups excluding carboxylic acids is 1. The summed E-state index contributed by atoms with van der Waals surface area (Å²) in [7, 11) is 3.42. The average molecular weight is 363 g/mol. The summed E-state index contributed by atoms with van der Waals surface area (Å²) in [4.78, 5) is 15.7. The highest BCUT2D eigenvalue weighted by Gasteiger charge is 2.17. The van der Waals surface area contributed by atoms with Crippen molar-refractivity contribution in [2.45, 2.75) is 10.6 Å². The van der Waals surface area contributed by atoms with Gasteiger partial charge in [-0.1, -0.05) is 42.5 Å². The van der Waals surface area contributed by atoms with E-state index in [9.17, 15) is 4.79 Å². The molecule has 0 fully saturated rings. The standard InChI is InChI=1S/C22H21NO2S/c1-23(18-12-14-19(25-2)15-13-18)22(24)20-10-6-7-11-21(20)26-16-17-8-4-3-5-9-17/h3-15H,16H2,1-2H3. The van der Waals surface area contributed by atoms with Gasteiger partial charge in [0, 0.05) is 23.4 Å². The Hall–Kier alpha value is -2.72. The van der Waals surface area contributed by atoms with Gasteiger partial charge in [-0.2, -0.15) is 0 Å². The number of carbonyl (C=O) groups is 1. The van der Waals surface area contributed by atoms with Crippen molar-refractivity contribution in [1.82, 2.24) is 0 Å². The Balaban J connectivity index is 1.78. The summed E-state index contributed by atoms with van der Waals surface area (Å²) in [5.74, 6) is 1.58. The molecule has 0 saturated carbocycles. The van der Waals surface area contributed by atoms with Gasteiger partial charge in [0.15, 0.2) is 0 Å². The second-order valence-electron chi connectivity index (χ2n) is 5.83. The van der Waals surface area contributed by atoms with Gasteiger partial charge in [0.1, 0.15) is 5.75 Å². The van der Waals surface area contributed by atoms with Gasteiger partial charge >= 0.3 is 0 Å². The molecule has 0 saturated heterocycles. The Morgan fingerprint density at radius 1 is 0.923 bits per heavy atom. The summed E-state index contributed by atoms with van der Waals surface area (Å²) in [5, 5.41) is 0. The van der Waals surface area contributed by atoms with Crippen molar-refractivity contribution < 1.29 is 9.53 Å². The molecule has 4 heteroatoms. The number of hydrogen-bond acceptors (Lipinski definition) is 3. The van der Waals surface area contributed by atoms with E-state index in [0.29, 0.717) is 5.56 Å². The van der Waals surface area contributed by atoms with Crippen LogP contribution >= 0.6 is 11.8 Å². The van der Waals surface area contributed by atoms with Gasteiger partial charge in [-0.25, -0.2) is 0 Å². The van der Waals surface area contributed by atoms with Gasteiger partial charge in [0.05, 0.1) is 12.7 Å². The van der Waals surface area contributed by atoms with Gasteiger partial charge in [-0.15, -0.1) is 11.8 Å². The monoisotopic (exact) mass is 363 g/mol. The smallest absolute Gasteiger partial charge is 0.259 e. The Morgan fingerprint density at radius 2 is 1.58 bits per heavy atom. The number of hydrogen-bond donors (Lipinski definition) is 0. The van der Waals surface area contributed by atoms with Crippen LogP contribution in [0.5, 0.6) is 5.75 Å². The second-order valence-corrected chi connectivity index (χ2v) is 6.85. The van der Waals surface area contributed by atoms with Crippen LogP contribution < -0.4 is 9.64 Å². The van der Waals surface area contributed by atoms with E-state index in [-0.39, 0.29) is 5.91 Å². The van der Waals surface area contributed by atoms with E-state index in [1.807, 2.05) is 66.7 Å². The van der Waals surface area contributed by atoms with Crippen LogP contribution in [0.1, 0.15) is 15.9 Å². The summed E-state index contributed by atoms with van der Waals surface area (Å²) >= 11 is 1.68. The summed E-state index contributed by atoms with van der Waals surface area (Å²) in [6.45, 7) is 0. The molecule has 0 spiro atoms. The fourth-order valence-corrected chi connectivity index (χ4v) is 3.61. The van der Waals surface area contributed by atoms with Crippen LogP contribution in [0.2, 0.25) is 0 Å². The fraction of sp³-hybridized carbons (Fsp3) is 0.136. The van der Waals surface area contributed by atoms with Crippen LogP contribution in [0.3, 0.4) is 0 Å². The van der Waals surface area contributed by atoms with Crippen LogP contribution in [-0.2, 0) is 5.75 Å². The molecule has 3 nitrogen and oxygen atoms in total. The zero-order valence-electron chi connectivity index (χ0n) is 14.9. The summed E-state index contributed by atoms with van der Waals surface area (Å²) in [6.07, 6.45) is 0. The third kappa shape index (κ3) is 4.27. The molecular weight excluding hydrogens is 342 g/mol. The van der Waals surface area contributed by atoms with E-state index in [4.69, 9.17) is 4.74 Å². The summed E-state index contributed by atoms with van der Waals surface area (Å²) in [6, 6.07) is 25.5. The van der Waals surface area contributed by atoms with Crippen LogP contribution in [-0.4, -0.2) is 20.1 Å². The lowest BCUT2D eigenvalue weighted by Crippen LogP contribution is -2.26. The summed E-state index contributed by atoms with van der Waals surface area (Å²) in [5.41, 5.74) is 2.79. The quantitative estimate of drug-likeness (QED) is 0.559. The van der Waals surface area contributed by atoms with Crippen LogP contribution in [0.15, 0.2) is 83.8 Å². The third-order valence-electron chi connectivity index (χ3n) is 4.12. The van der Waals surface area contributed by atoms with E-state index < -0.39 is 0 Å². The molecule has 3 rings (SSSR count). The molecule has 0 bridgehead atoms. The Morgan fingerprint density at radius 3 is 2.27 bits per heavy atom. The van der Waals surface area contributed by atoms with Crippen molar-refractivity contribution in [3.63, 3.8) is 0 Å². The van der Waals surface area contributed by atoms with E-state index in [0.717, 1.165) is 22.1 Å². The number of ether oxygens (including phenoxy) is 1.